The number of hydrogen-bond acceptors (Lipinski definition) is 1. The van der Waals surface area contributed by atoms with Gasteiger partial charge in [0.2, 0.25) is 0 Å². The molecule has 2 heterocycles. The van der Waals surface area contributed by atoms with Crippen molar-refractivity contribution >= 4 is 21.8 Å². The molecule has 0 amide bonds. The van der Waals surface area contributed by atoms with Gasteiger partial charge in [0.15, 0.2) is 0 Å². The molecule has 2 aromatic carbocycles. The molecule has 0 saturated carbocycles. The van der Waals surface area contributed by atoms with Crippen molar-refractivity contribution in [3.63, 3.8) is 0 Å². The number of pyridine rings is 1. The fourth-order valence-corrected chi connectivity index (χ4v) is 3.06. The number of hydrogen-bond donors (Lipinski definition) is 1. The molecule has 0 unspecified atom stereocenters. The van der Waals surface area contributed by atoms with Crippen molar-refractivity contribution in [2.24, 2.45) is 0 Å². The number of nitrogens with zero attached hydrogens (tertiary/aromatic N) is 1. The molecule has 2 heteroatoms. The summed E-state index contributed by atoms with van der Waals surface area (Å²) in [5.41, 5.74) is 7.14. The molecule has 1 N–H and O–H groups in total. The molecule has 0 aliphatic rings. The van der Waals surface area contributed by atoms with Gasteiger partial charge in [0.05, 0.1) is 11.0 Å². The number of nitrogens with one attached hydrogen (secondary N) is 1. The first-order chi connectivity index (χ1) is 10.2. The predicted octanol–water partition coefficient (Wildman–Crippen LogP) is 5.00. The minimum atomic E-state index is 1.04. The van der Waals surface area contributed by atoms with Crippen LogP contribution in [0.3, 0.4) is 0 Å². The van der Waals surface area contributed by atoms with Crippen LogP contribution < -0.4 is 0 Å². The van der Waals surface area contributed by atoms with Crippen LogP contribution in [0, 0.1) is 13.8 Å². The van der Waals surface area contributed by atoms with Crippen molar-refractivity contribution in [3.8, 4) is 11.1 Å². The molecule has 0 aliphatic carbocycles. The van der Waals surface area contributed by atoms with Gasteiger partial charge in [0.1, 0.15) is 0 Å². The summed E-state index contributed by atoms with van der Waals surface area (Å²) in [6, 6.07) is 16.9. The van der Waals surface area contributed by atoms with Gasteiger partial charge in [-0.05, 0) is 31.5 Å². The molecule has 102 valence electrons. The first-order valence-corrected chi connectivity index (χ1v) is 7.17. The number of aromatic amines is 1. The highest BCUT2D eigenvalue weighted by Gasteiger charge is 2.13. The number of fused-ring (bicyclic) bond motifs is 3. The van der Waals surface area contributed by atoms with Gasteiger partial charge in [-0.3, -0.25) is 4.98 Å². The van der Waals surface area contributed by atoms with Crippen LogP contribution in [0.2, 0.25) is 0 Å². The van der Waals surface area contributed by atoms with Crippen LogP contribution in [0.4, 0.5) is 0 Å². The Morgan fingerprint density at radius 2 is 1.71 bits per heavy atom. The van der Waals surface area contributed by atoms with Crippen LogP contribution in [0.1, 0.15) is 11.3 Å². The fraction of sp³-hybridized carbons (Fsp3) is 0.105. The molecule has 0 fully saturated rings. The van der Waals surface area contributed by atoms with E-state index in [9.17, 15) is 0 Å². The summed E-state index contributed by atoms with van der Waals surface area (Å²) >= 11 is 0. The smallest absolute Gasteiger partial charge is 0.0723 e. The standard InChI is InChI=1S/C19H16N2/c1-12-8-9-17-15(10-12)19-16(11-20-17)18(13(2)21-19)14-6-4-3-5-7-14/h3-11,21H,1-2H3. The van der Waals surface area contributed by atoms with Gasteiger partial charge in [0.25, 0.3) is 0 Å². The minimum Gasteiger partial charge on any atom is -0.357 e. The van der Waals surface area contributed by atoms with Crippen molar-refractivity contribution < 1.29 is 0 Å². The third-order valence-electron chi connectivity index (χ3n) is 4.04. The van der Waals surface area contributed by atoms with E-state index in [-0.39, 0.29) is 0 Å². The maximum absolute atomic E-state index is 4.63. The molecule has 4 rings (SSSR count). The Morgan fingerprint density at radius 3 is 2.52 bits per heavy atom. The summed E-state index contributed by atoms with van der Waals surface area (Å²) < 4.78 is 0. The highest BCUT2D eigenvalue weighted by molar-refractivity contribution is 6.09. The Morgan fingerprint density at radius 1 is 0.905 bits per heavy atom. The SMILES string of the molecule is Cc1ccc2ncc3c(-c4ccccc4)c(C)[nH]c3c2c1. The van der Waals surface area contributed by atoms with Gasteiger partial charge in [0, 0.05) is 28.2 Å². The molecule has 0 radical (unpaired) electrons. The Hall–Kier alpha value is -2.61. The molecule has 0 aliphatic heterocycles. The average molecular weight is 272 g/mol. The predicted molar refractivity (Wildman–Crippen MR) is 88.5 cm³/mol. The van der Waals surface area contributed by atoms with Crippen LogP contribution in [0.25, 0.3) is 32.9 Å². The Labute approximate surface area is 123 Å². The molecule has 2 nitrogen and oxygen atoms in total. The lowest BCUT2D eigenvalue weighted by atomic mass is 10.0. The second-order valence-corrected chi connectivity index (χ2v) is 5.56. The number of rotatable bonds is 1. The van der Waals surface area contributed by atoms with Crippen molar-refractivity contribution in [2.75, 3.05) is 0 Å². The van der Waals surface area contributed by atoms with E-state index in [4.69, 9.17) is 0 Å². The first kappa shape index (κ1) is 12.2. The van der Waals surface area contributed by atoms with Crippen LogP contribution in [0.15, 0.2) is 54.7 Å². The van der Waals surface area contributed by atoms with Crippen molar-refractivity contribution in [1.82, 2.24) is 9.97 Å². The van der Waals surface area contributed by atoms with E-state index in [0.717, 1.165) is 5.52 Å². The summed E-state index contributed by atoms with van der Waals surface area (Å²) in [4.78, 5) is 8.19. The summed E-state index contributed by atoms with van der Waals surface area (Å²) in [6.07, 6.45) is 1.98. The van der Waals surface area contributed by atoms with E-state index in [1.54, 1.807) is 0 Å². The number of aryl methyl sites for hydroxylation is 2. The van der Waals surface area contributed by atoms with E-state index >= 15 is 0 Å². The van der Waals surface area contributed by atoms with E-state index in [0.29, 0.717) is 0 Å². The molecule has 2 aromatic heterocycles. The quantitative estimate of drug-likeness (QED) is 0.519. The number of benzene rings is 2. The van der Waals surface area contributed by atoms with E-state index in [1.165, 1.54) is 38.7 Å². The summed E-state index contributed by atoms with van der Waals surface area (Å²) in [5, 5.41) is 2.38. The van der Waals surface area contributed by atoms with E-state index in [2.05, 4.69) is 66.3 Å². The van der Waals surface area contributed by atoms with Gasteiger partial charge in [-0.15, -0.1) is 0 Å². The van der Waals surface area contributed by atoms with Crippen molar-refractivity contribution in [2.45, 2.75) is 13.8 Å². The zero-order chi connectivity index (χ0) is 14.4. The lowest BCUT2D eigenvalue weighted by molar-refractivity contribution is 1.30. The number of aromatic nitrogens is 2. The van der Waals surface area contributed by atoms with Gasteiger partial charge in [-0.25, -0.2) is 0 Å². The Balaban J connectivity index is 2.13. The van der Waals surface area contributed by atoms with Crippen molar-refractivity contribution in [1.29, 1.82) is 0 Å². The van der Waals surface area contributed by atoms with Crippen LogP contribution in [-0.4, -0.2) is 9.97 Å². The molecular formula is C19H16N2. The second-order valence-electron chi connectivity index (χ2n) is 5.56. The van der Waals surface area contributed by atoms with Crippen LogP contribution in [-0.2, 0) is 0 Å². The monoisotopic (exact) mass is 272 g/mol. The molecule has 0 spiro atoms. The summed E-state index contributed by atoms with van der Waals surface area (Å²) in [7, 11) is 0. The van der Waals surface area contributed by atoms with Gasteiger partial charge in [-0.1, -0.05) is 42.0 Å². The lowest BCUT2D eigenvalue weighted by Gasteiger charge is -2.03. The van der Waals surface area contributed by atoms with Gasteiger partial charge >= 0.3 is 0 Å². The topological polar surface area (TPSA) is 28.7 Å². The zero-order valence-electron chi connectivity index (χ0n) is 12.1. The molecule has 0 bridgehead atoms. The first-order valence-electron chi connectivity index (χ1n) is 7.17. The summed E-state index contributed by atoms with van der Waals surface area (Å²) in [6.45, 7) is 4.25. The Kier molecular flexibility index (Phi) is 2.58. The third-order valence-corrected chi connectivity index (χ3v) is 4.04. The molecule has 0 saturated heterocycles. The zero-order valence-corrected chi connectivity index (χ0v) is 12.1. The normalized spacial score (nSPS) is 11.3. The largest absolute Gasteiger partial charge is 0.357 e. The van der Waals surface area contributed by atoms with Crippen LogP contribution in [0.5, 0.6) is 0 Å². The molecular weight excluding hydrogens is 256 g/mol. The minimum absolute atomic E-state index is 1.04. The highest BCUT2D eigenvalue weighted by atomic mass is 14.8. The lowest BCUT2D eigenvalue weighted by Crippen LogP contribution is -1.82. The molecule has 21 heavy (non-hydrogen) atoms. The fourth-order valence-electron chi connectivity index (χ4n) is 3.06. The highest BCUT2D eigenvalue weighted by Crippen LogP contribution is 2.34. The van der Waals surface area contributed by atoms with E-state index < -0.39 is 0 Å². The molecule has 4 aromatic rings. The second kappa shape index (κ2) is 4.45. The van der Waals surface area contributed by atoms with Gasteiger partial charge in [-0.2, -0.15) is 0 Å². The van der Waals surface area contributed by atoms with E-state index in [1.807, 2.05) is 12.3 Å². The summed E-state index contributed by atoms with van der Waals surface area (Å²) in [5.74, 6) is 0. The third kappa shape index (κ3) is 1.83. The maximum atomic E-state index is 4.63. The molecule has 0 atom stereocenters. The number of H-pyrrole nitrogens is 1. The van der Waals surface area contributed by atoms with Crippen LogP contribution >= 0.6 is 0 Å². The Bertz CT molecular complexity index is 950. The average Bonchev–Trinajstić information content (AvgIpc) is 2.84. The van der Waals surface area contributed by atoms with Gasteiger partial charge < -0.3 is 4.98 Å². The maximum Gasteiger partial charge on any atom is 0.0723 e. The van der Waals surface area contributed by atoms with Crippen molar-refractivity contribution in [3.05, 3.63) is 66.0 Å².